The predicted molar refractivity (Wildman–Crippen MR) is 69.8 cm³/mol. The Balaban J connectivity index is 2.19. The molecule has 1 aromatic carbocycles. The van der Waals surface area contributed by atoms with Gasteiger partial charge < -0.3 is 10.4 Å². The van der Waals surface area contributed by atoms with Crippen molar-refractivity contribution in [2.45, 2.75) is 6.04 Å². The molecule has 0 aliphatic carbocycles. The number of halogens is 1. The fourth-order valence-corrected chi connectivity index (χ4v) is 2.32. The largest absolute Gasteiger partial charge is 0.479 e. The summed E-state index contributed by atoms with van der Waals surface area (Å²) in [5, 5.41) is 14.6. The number of carboxylic acid groups (broad SMARTS) is 1. The number of nitrogens with one attached hydrogen (secondary N) is 1. The molecular weight excluding hydrogens is 258 g/mol. The topological polar surface area (TPSA) is 49.3 Å². The van der Waals surface area contributed by atoms with Gasteiger partial charge in [0.1, 0.15) is 0 Å². The van der Waals surface area contributed by atoms with Crippen LogP contribution < -0.4 is 5.32 Å². The summed E-state index contributed by atoms with van der Waals surface area (Å²) in [6, 6.07) is 9.86. The highest BCUT2D eigenvalue weighted by Crippen LogP contribution is 2.24. The van der Waals surface area contributed by atoms with Gasteiger partial charge in [-0.05, 0) is 35.7 Å². The summed E-state index contributed by atoms with van der Waals surface area (Å²) in [6.07, 6.45) is 0. The van der Waals surface area contributed by atoms with E-state index in [-0.39, 0.29) is 0 Å². The molecule has 0 saturated heterocycles. The van der Waals surface area contributed by atoms with Crippen LogP contribution in [0, 0.1) is 0 Å². The molecular formula is C12H10ClNO2S. The van der Waals surface area contributed by atoms with Crippen molar-refractivity contribution in [1.29, 1.82) is 0 Å². The van der Waals surface area contributed by atoms with Gasteiger partial charge in [-0.25, -0.2) is 4.79 Å². The molecule has 0 radical (unpaired) electrons. The normalized spacial score (nSPS) is 12.1. The van der Waals surface area contributed by atoms with Crippen molar-refractivity contribution < 1.29 is 9.90 Å². The third-order valence-corrected chi connectivity index (χ3v) is 3.42. The summed E-state index contributed by atoms with van der Waals surface area (Å²) in [5.41, 5.74) is 0.732. The van der Waals surface area contributed by atoms with Crippen LogP contribution in [0.5, 0.6) is 0 Å². The second kappa shape index (κ2) is 5.21. The van der Waals surface area contributed by atoms with Crippen molar-refractivity contribution in [2.24, 2.45) is 0 Å². The zero-order valence-corrected chi connectivity index (χ0v) is 10.3. The van der Waals surface area contributed by atoms with Crippen molar-refractivity contribution in [3.63, 3.8) is 0 Å². The zero-order chi connectivity index (χ0) is 12.3. The lowest BCUT2D eigenvalue weighted by atomic mass is 10.2. The highest BCUT2D eigenvalue weighted by Gasteiger charge is 2.20. The first-order valence-corrected chi connectivity index (χ1v) is 6.21. The number of thiophene rings is 1. The monoisotopic (exact) mass is 267 g/mol. The van der Waals surface area contributed by atoms with Gasteiger partial charge in [-0.2, -0.15) is 0 Å². The van der Waals surface area contributed by atoms with E-state index < -0.39 is 12.0 Å². The smallest absolute Gasteiger partial charge is 0.331 e. The molecule has 2 rings (SSSR count). The molecule has 0 amide bonds. The second-order valence-electron chi connectivity index (χ2n) is 3.44. The number of hydrogen-bond acceptors (Lipinski definition) is 3. The molecule has 88 valence electrons. The Hall–Kier alpha value is -1.52. The molecule has 1 aromatic heterocycles. The van der Waals surface area contributed by atoms with Crippen LogP contribution in [-0.4, -0.2) is 11.1 Å². The van der Waals surface area contributed by atoms with Gasteiger partial charge >= 0.3 is 5.97 Å². The highest BCUT2D eigenvalue weighted by molar-refractivity contribution is 7.10. The van der Waals surface area contributed by atoms with Crippen LogP contribution in [0.1, 0.15) is 10.9 Å². The van der Waals surface area contributed by atoms with Gasteiger partial charge in [0.2, 0.25) is 0 Å². The molecule has 17 heavy (non-hydrogen) atoms. The molecule has 1 atom stereocenters. The first-order valence-electron chi connectivity index (χ1n) is 4.95. The third kappa shape index (κ3) is 2.99. The summed E-state index contributed by atoms with van der Waals surface area (Å²) in [7, 11) is 0. The fourth-order valence-electron chi connectivity index (χ4n) is 1.42. The molecule has 0 spiro atoms. The predicted octanol–water partition coefficient (Wildman–Crippen LogP) is 3.64. The van der Waals surface area contributed by atoms with Gasteiger partial charge in [0.05, 0.1) is 0 Å². The molecule has 0 saturated carbocycles. The minimum absolute atomic E-state index is 0.624. The highest BCUT2D eigenvalue weighted by atomic mass is 35.5. The molecule has 1 heterocycles. The number of benzene rings is 1. The van der Waals surface area contributed by atoms with E-state index in [1.807, 2.05) is 11.4 Å². The molecule has 2 aromatic rings. The lowest BCUT2D eigenvalue weighted by Gasteiger charge is -2.14. The van der Waals surface area contributed by atoms with Gasteiger partial charge in [-0.1, -0.05) is 17.7 Å². The lowest BCUT2D eigenvalue weighted by molar-refractivity contribution is -0.138. The maximum absolute atomic E-state index is 11.2. The van der Waals surface area contributed by atoms with Crippen LogP contribution in [-0.2, 0) is 4.79 Å². The van der Waals surface area contributed by atoms with Crippen LogP contribution in [0.15, 0.2) is 41.8 Å². The van der Waals surface area contributed by atoms with E-state index in [0.717, 1.165) is 10.6 Å². The number of rotatable bonds is 4. The average molecular weight is 268 g/mol. The zero-order valence-electron chi connectivity index (χ0n) is 8.76. The van der Waals surface area contributed by atoms with Gasteiger partial charge in [-0.15, -0.1) is 11.3 Å². The summed E-state index contributed by atoms with van der Waals surface area (Å²) >= 11 is 7.18. The maximum atomic E-state index is 11.2. The first kappa shape index (κ1) is 12.0. The van der Waals surface area contributed by atoms with Crippen molar-refractivity contribution in [3.05, 3.63) is 51.7 Å². The number of carbonyl (C=O) groups is 1. The number of aliphatic carboxylic acids is 1. The molecule has 3 nitrogen and oxygen atoms in total. The average Bonchev–Trinajstić information content (AvgIpc) is 2.81. The summed E-state index contributed by atoms with van der Waals surface area (Å²) in [6.45, 7) is 0. The quantitative estimate of drug-likeness (QED) is 0.889. The van der Waals surface area contributed by atoms with Crippen LogP contribution in [0.25, 0.3) is 0 Å². The van der Waals surface area contributed by atoms with Crippen molar-refractivity contribution in [1.82, 2.24) is 0 Å². The third-order valence-electron chi connectivity index (χ3n) is 2.23. The Morgan fingerprint density at radius 2 is 2.00 bits per heavy atom. The van der Waals surface area contributed by atoms with E-state index in [0.29, 0.717) is 5.02 Å². The Bertz CT molecular complexity index is 496. The molecule has 0 aliphatic heterocycles. The van der Waals surface area contributed by atoms with Crippen LogP contribution >= 0.6 is 22.9 Å². The Kier molecular flexibility index (Phi) is 3.66. The van der Waals surface area contributed by atoms with Gasteiger partial charge in [-0.3, -0.25) is 0 Å². The molecule has 0 bridgehead atoms. The van der Waals surface area contributed by atoms with E-state index in [4.69, 9.17) is 11.6 Å². The minimum Gasteiger partial charge on any atom is -0.479 e. The standard InChI is InChI=1S/C12H10ClNO2S/c13-8-3-5-9(6-4-8)14-11(12(15)16)10-2-1-7-17-10/h1-7,11,14H,(H,15,16)/t11-/m1/s1. The lowest BCUT2D eigenvalue weighted by Crippen LogP contribution is -2.19. The van der Waals surface area contributed by atoms with E-state index in [1.165, 1.54) is 11.3 Å². The summed E-state index contributed by atoms with van der Waals surface area (Å²) in [5.74, 6) is -0.901. The van der Waals surface area contributed by atoms with Crippen LogP contribution in [0.4, 0.5) is 5.69 Å². The summed E-state index contributed by atoms with van der Waals surface area (Å²) < 4.78 is 0. The minimum atomic E-state index is -0.901. The van der Waals surface area contributed by atoms with Crippen LogP contribution in [0.2, 0.25) is 5.02 Å². The van der Waals surface area contributed by atoms with E-state index in [9.17, 15) is 9.90 Å². The molecule has 5 heteroatoms. The van der Waals surface area contributed by atoms with Crippen molar-refractivity contribution in [3.8, 4) is 0 Å². The second-order valence-corrected chi connectivity index (χ2v) is 4.85. The Morgan fingerprint density at radius 1 is 1.29 bits per heavy atom. The number of hydrogen-bond donors (Lipinski definition) is 2. The molecule has 0 aliphatic rings. The first-order chi connectivity index (χ1) is 8.16. The fraction of sp³-hybridized carbons (Fsp3) is 0.0833. The van der Waals surface area contributed by atoms with Crippen LogP contribution in [0.3, 0.4) is 0 Å². The Morgan fingerprint density at radius 3 is 2.53 bits per heavy atom. The van der Waals surface area contributed by atoms with Gasteiger partial charge in [0.15, 0.2) is 6.04 Å². The molecule has 0 fully saturated rings. The van der Waals surface area contributed by atoms with Gasteiger partial charge in [0, 0.05) is 15.6 Å². The van der Waals surface area contributed by atoms with E-state index in [2.05, 4.69) is 5.32 Å². The number of carboxylic acids is 1. The molecule has 2 N–H and O–H groups in total. The van der Waals surface area contributed by atoms with Gasteiger partial charge in [0.25, 0.3) is 0 Å². The van der Waals surface area contributed by atoms with E-state index in [1.54, 1.807) is 30.3 Å². The van der Waals surface area contributed by atoms with Crippen molar-refractivity contribution >= 4 is 34.6 Å². The Labute approximate surface area is 108 Å². The SMILES string of the molecule is O=C(O)[C@H](Nc1ccc(Cl)cc1)c1cccs1. The summed E-state index contributed by atoms with van der Waals surface area (Å²) in [4.78, 5) is 12.0. The van der Waals surface area contributed by atoms with Crippen molar-refractivity contribution in [2.75, 3.05) is 5.32 Å². The molecule has 0 unspecified atom stereocenters. The van der Waals surface area contributed by atoms with E-state index >= 15 is 0 Å². The number of anilines is 1. The maximum Gasteiger partial charge on any atom is 0.331 e.